The van der Waals surface area contributed by atoms with Crippen LogP contribution in [0, 0.1) is 13.8 Å². The van der Waals surface area contributed by atoms with E-state index in [4.69, 9.17) is 25.4 Å². The molecule has 1 aliphatic carbocycles. The summed E-state index contributed by atoms with van der Waals surface area (Å²) in [5.41, 5.74) is 8.35. The van der Waals surface area contributed by atoms with Crippen molar-refractivity contribution in [1.82, 2.24) is 4.98 Å². The van der Waals surface area contributed by atoms with Crippen molar-refractivity contribution in [2.75, 3.05) is 13.0 Å². The number of thiazole rings is 1. The summed E-state index contributed by atoms with van der Waals surface area (Å²) in [6.45, 7) is 4.53. The van der Waals surface area contributed by atoms with E-state index in [1.807, 2.05) is 29.8 Å². The van der Waals surface area contributed by atoms with Crippen molar-refractivity contribution in [3.8, 4) is 17.0 Å². The second-order valence-corrected chi connectivity index (χ2v) is 11.0. The van der Waals surface area contributed by atoms with E-state index in [0.717, 1.165) is 28.8 Å². The number of aromatic nitrogens is 1. The first-order valence-corrected chi connectivity index (χ1v) is 12.8. The summed E-state index contributed by atoms with van der Waals surface area (Å²) in [5.74, 6) is 0.685. The third kappa shape index (κ3) is 3.61. The van der Waals surface area contributed by atoms with Gasteiger partial charge in [0.25, 0.3) is 0 Å². The maximum absolute atomic E-state index is 13.3. The molecular formula is C22H21ClNO4PS. The fraction of sp³-hybridized carbons (Fsp3) is 0.318. The van der Waals surface area contributed by atoms with Crippen LogP contribution in [-0.4, -0.2) is 17.9 Å². The molecule has 5 rings (SSSR count). The van der Waals surface area contributed by atoms with Gasteiger partial charge in [-0.25, -0.2) is 4.98 Å². The quantitative estimate of drug-likeness (QED) is 0.317. The zero-order valence-corrected chi connectivity index (χ0v) is 19.2. The van der Waals surface area contributed by atoms with Crippen LogP contribution < -0.4 is 4.74 Å². The molecule has 5 nitrogen and oxygen atoms in total. The van der Waals surface area contributed by atoms with Gasteiger partial charge in [-0.15, -0.1) is 11.3 Å². The van der Waals surface area contributed by atoms with Gasteiger partial charge in [-0.3, -0.25) is 9.09 Å². The Hall–Kier alpha value is -1.69. The lowest BCUT2D eigenvalue weighted by Gasteiger charge is -2.30. The van der Waals surface area contributed by atoms with Crippen LogP contribution in [0.1, 0.15) is 39.7 Å². The summed E-state index contributed by atoms with van der Waals surface area (Å²) in [6, 6.07) is 9.42. The van der Waals surface area contributed by atoms with Crippen molar-refractivity contribution < 1.29 is 18.3 Å². The predicted molar refractivity (Wildman–Crippen MR) is 119 cm³/mol. The van der Waals surface area contributed by atoms with Gasteiger partial charge >= 0.3 is 7.60 Å². The predicted octanol–water partition coefficient (Wildman–Crippen LogP) is 6.69. The highest BCUT2D eigenvalue weighted by atomic mass is 35.5. The minimum Gasteiger partial charge on any atom is -0.480 e. The maximum Gasteiger partial charge on any atom is 0.368 e. The smallest absolute Gasteiger partial charge is 0.368 e. The van der Waals surface area contributed by atoms with Crippen LogP contribution in [-0.2, 0) is 20.0 Å². The molecule has 0 N–H and O–H groups in total. The molecule has 1 saturated heterocycles. The summed E-state index contributed by atoms with van der Waals surface area (Å²) in [4.78, 5) is 5.77. The summed E-state index contributed by atoms with van der Waals surface area (Å²) in [7, 11) is -3.42. The Morgan fingerprint density at radius 3 is 3.03 bits per heavy atom. The van der Waals surface area contributed by atoms with Gasteiger partial charge in [-0.1, -0.05) is 23.7 Å². The molecule has 1 aromatic heterocycles. The summed E-state index contributed by atoms with van der Waals surface area (Å²) >= 11 is 7.76. The van der Waals surface area contributed by atoms with Crippen molar-refractivity contribution in [1.29, 1.82) is 0 Å². The highest BCUT2D eigenvalue weighted by molar-refractivity contribution is 7.53. The lowest BCUT2D eigenvalue weighted by molar-refractivity contribution is 0.0726. The normalized spacial score (nSPS) is 22.6. The van der Waals surface area contributed by atoms with Crippen molar-refractivity contribution in [3.05, 3.63) is 68.0 Å². The zero-order chi connectivity index (χ0) is 20.9. The zero-order valence-electron chi connectivity index (χ0n) is 16.7. The standard InChI is InChI=1S/C22H21ClNO4PS/c1-13-8-19(21-17(14(13)2)10-20-22(21)24-11-30-20)26-12-29(25)27-7-6-18(28-29)15-4-3-5-16(23)9-15/h3-5,8-9,11,18H,6-7,10,12H2,1-2H3/t18-,29+/m0/s1. The van der Waals surface area contributed by atoms with Crippen molar-refractivity contribution in [3.63, 3.8) is 0 Å². The molecule has 1 fully saturated rings. The van der Waals surface area contributed by atoms with Crippen LogP contribution in [0.3, 0.4) is 0 Å². The van der Waals surface area contributed by atoms with Crippen LogP contribution in [0.5, 0.6) is 5.75 Å². The number of ether oxygens (including phenoxy) is 1. The Bertz CT molecular complexity index is 1180. The average molecular weight is 462 g/mol. The highest BCUT2D eigenvalue weighted by Gasteiger charge is 2.36. The van der Waals surface area contributed by atoms with Crippen LogP contribution in [0.25, 0.3) is 11.3 Å². The number of benzene rings is 2. The van der Waals surface area contributed by atoms with Gasteiger partial charge in [0.15, 0.2) is 6.35 Å². The Morgan fingerprint density at radius 2 is 2.20 bits per heavy atom. The molecule has 2 aromatic carbocycles. The Morgan fingerprint density at radius 1 is 1.33 bits per heavy atom. The van der Waals surface area contributed by atoms with Gasteiger partial charge in [0.2, 0.25) is 0 Å². The van der Waals surface area contributed by atoms with Crippen molar-refractivity contribution in [2.45, 2.75) is 32.8 Å². The van der Waals surface area contributed by atoms with E-state index in [0.29, 0.717) is 23.8 Å². The van der Waals surface area contributed by atoms with Gasteiger partial charge in [0.1, 0.15) is 5.75 Å². The second-order valence-electron chi connectivity index (χ2n) is 7.63. The first-order chi connectivity index (χ1) is 14.4. The molecule has 0 saturated carbocycles. The molecule has 3 aromatic rings. The van der Waals surface area contributed by atoms with Crippen LogP contribution in [0.15, 0.2) is 35.8 Å². The molecule has 1 aliphatic heterocycles. The van der Waals surface area contributed by atoms with E-state index < -0.39 is 7.60 Å². The van der Waals surface area contributed by atoms with Gasteiger partial charge in [-0.2, -0.15) is 0 Å². The monoisotopic (exact) mass is 461 g/mol. The lowest BCUT2D eigenvalue weighted by Crippen LogP contribution is -2.17. The third-order valence-corrected chi connectivity index (χ3v) is 8.37. The summed E-state index contributed by atoms with van der Waals surface area (Å²) in [6.07, 6.45) is 1.01. The Balaban J connectivity index is 1.40. The first-order valence-electron chi connectivity index (χ1n) is 9.79. The fourth-order valence-electron chi connectivity index (χ4n) is 4.03. The van der Waals surface area contributed by atoms with E-state index in [2.05, 4.69) is 18.8 Å². The van der Waals surface area contributed by atoms with Crippen LogP contribution >= 0.6 is 30.5 Å². The molecule has 156 valence electrons. The molecule has 8 heteroatoms. The Labute approximate surface area is 184 Å². The first kappa shape index (κ1) is 20.2. The van der Waals surface area contributed by atoms with E-state index >= 15 is 0 Å². The number of fused-ring (bicyclic) bond motifs is 3. The van der Waals surface area contributed by atoms with E-state index in [1.54, 1.807) is 17.4 Å². The summed E-state index contributed by atoms with van der Waals surface area (Å²) < 4.78 is 30.9. The minimum absolute atomic E-state index is 0.140. The van der Waals surface area contributed by atoms with Crippen molar-refractivity contribution >= 4 is 30.5 Å². The average Bonchev–Trinajstić information content (AvgIpc) is 3.31. The number of aryl methyl sites for hydroxylation is 1. The van der Waals surface area contributed by atoms with Gasteiger partial charge in [-0.05, 0) is 54.3 Å². The molecule has 0 amide bonds. The molecule has 30 heavy (non-hydrogen) atoms. The number of nitrogens with zero attached hydrogens (tertiary/aromatic N) is 1. The highest BCUT2D eigenvalue weighted by Crippen LogP contribution is 2.56. The number of rotatable bonds is 4. The minimum atomic E-state index is -3.42. The van der Waals surface area contributed by atoms with Crippen LogP contribution in [0.4, 0.5) is 0 Å². The van der Waals surface area contributed by atoms with Crippen molar-refractivity contribution in [2.24, 2.45) is 0 Å². The SMILES string of the molecule is Cc1cc(OC[P@@]2(=O)OCC[C@@H](c3cccc(Cl)c3)O2)c2c(c1C)Cc1scnc1-2. The number of hydrogen-bond donors (Lipinski definition) is 0. The maximum atomic E-state index is 13.3. The summed E-state index contributed by atoms with van der Waals surface area (Å²) in [5, 5.41) is 0.624. The molecule has 2 aliphatic rings. The molecule has 2 heterocycles. The van der Waals surface area contributed by atoms with Gasteiger partial charge < -0.3 is 9.26 Å². The molecular weight excluding hydrogens is 441 g/mol. The molecule has 0 unspecified atom stereocenters. The topological polar surface area (TPSA) is 57.7 Å². The molecule has 0 bridgehead atoms. The largest absolute Gasteiger partial charge is 0.480 e. The van der Waals surface area contributed by atoms with Gasteiger partial charge in [0, 0.05) is 28.3 Å². The second kappa shape index (κ2) is 7.77. The number of halogens is 1. The Kier molecular flexibility index (Phi) is 5.24. The third-order valence-electron chi connectivity index (χ3n) is 5.71. The molecule has 0 radical (unpaired) electrons. The molecule has 2 atom stereocenters. The van der Waals surface area contributed by atoms with E-state index in [-0.39, 0.29) is 12.5 Å². The lowest BCUT2D eigenvalue weighted by atomic mass is 9.98. The van der Waals surface area contributed by atoms with E-state index in [1.165, 1.54) is 16.0 Å². The van der Waals surface area contributed by atoms with Gasteiger partial charge in [0.05, 0.1) is 23.9 Å². The van der Waals surface area contributed by atoms with Crippen LogP contribution in [0.2, 0.25) is 5.02 Å². The van der Waals surface area contributed by atoms with E-state index in [9.17, 15) is 4.57 Å². The molecule has 0 spiro atoms. The fourth-order valence-corrected chi connectivity index (χ4v) is 6.50. The number of hydrogen-bond acceptors (Lipinski definition) is 6.